The zero-order valence-corrected chi connectivity index (χ0v) is 9.74. The molecule has 2 aliphatic rings. The van der Waals surface area contributed by atoms with Crippen LogP contribution in [0.15, 0.2) is 30.3 Å². The van der Waals surface area contributed by atoms with E-state index in [0.717, 1.165) is 0 Å². The lowest BCUT2D eigenvalue weighted by Gasteiger charge is -2.14. The average Bonchev–Trinajstić information content (AvgIpc) is 2.89. The molecule has 2 aliphatic carbocycles. The minimum absolute atomic E-state index is 1.23. The second-order valence-corrected chi connectivity index (χ2v) is 4.89. The van der Waals surface area contributed by atoms with Gasteiger partial charge in [-0.3, -0.25) is 0 Å². The lowest BCUT2D eigenvalue weighted by Crippen LogP contribution is -2.32. The predicted octanol–water partition coefficient (Wildman–Crippen LogP) is 2.76. The number of allylic oxidation sites excluding steroid dienone is 1. The van der Waals surface area contributed by atoms with Gasteiger partial charge in [-0.25, -0.2) is 0 Å². The Morgan fingerprint density at radius 1 is 0.941 bits per heavy atom. The van der Waals surface area contributed by atoms with Gasteiger partial charge in [-0.1, -0.05) is 48.6 Å². The van der Waals surface area contributed by atoms with Crippen molar-refractivity contribution < 1.29 is 0 Å². The van der Waals surface area contributed by atoms with Crippen LogP contribution in [0.25, 0.3) is 29.0 Å². The topological polar surface area (TPSA) is 0 Å². The van der Waals surface area contributed by atoms with Gasteiger partial charge < -0.3 is 0 Å². The van der Waals surface area contributed by atoms with Gasteiger partial charge in [-0.15, -0.1) is 0 Å². The molecule has 82 valence electrons. The zero-order valence-electron chi connectivity index (χ0n) is 9.74. The van der Waals surface area contributed by atoms with Crippen molar-refractivity contribution in [3.05, 3.63) is 51.9 Å². The lowest BCUT2D eigenvalue weighted by atomic mass is 9.90. The van der Waals surface area contributed by atoms with E-state index in [-0.39, 0.29) is 0 Å². The van der Waals surface area contributed by atoms with Crippen molar-refractivity contribution in [2.45, 2.75) is 19.3 Å². The van der Waals surface area contributed by atoms with Gasteiger partial charge in [0.15, 0.2) is 0 Å². The molecule has 0 radical (unpaired) electrons. The number of hydrogen-bond donors (Lipinski definition) is 0. The van der Waals surface area contributed by atoms with Gasteiger partial charge in [-0.2, -0.15) is 0 Å². The van der Waals surface area contributed by atoms with E-state index >= 15 is 0 Å². The summed E-state index contributed by atoms with van der Waals surface area (Å²) in [6, 6.07) is 8.84. The first kappa shape index (κ1) is 9.23. The van der Waals surface area contributed by atoms with Gasteiger partial charge in [0.1, 0.15) is 0 Å². The molecule has 4 rings (SSSR count). The molecular formula is C17H14. The molecule has 0 heterocycles. The molecule has 0 saturated carbocycles. The number of benzene rings is 2. The maximum atomic E-state index is 2.42. The van der Waals surface area contributed by atoms with Crippen LogP contribution in [0.1, 0.15) is 24.0 Å². The Bertz CT molecular complexity index is 761. The highest BCUT2D eigenvalue weighted by Gasteiger charge is 2.12. The second-order valence-electron chi connectivity index (χ2n) is 4.89. The normalized spacial score (nSPS) is 16.2. The van der Waals surface area contributed by atoms with E-state index < -0.39 is 0 Å². The van der Waals surface area contributed by atoms with E-state index in [2.05, 4.69) is 48.6 Å². The van der Waals surface area contributed by atoms with Crippen molar-refractivity contribution in [2.24, 2.45) is 0 Å². The van der Waals surface area contributed by atoms with Crippen LogP contribution in [0, 0.1) is 0 Å². The highest BCUT2D eigenvalue weighted by atomic mass is 14.2. The molecule has 0 aromatic heterocycles. The van der Waals surface area contributed by atoms with Crippen molar-refractivity contribution in [1.82, 2.24) is 0 Å². The standard InChI is InChI=1S/C17H14/c1-3-8-14-12(6-1)13-7-2-4-9-15(13)17-11-5-10-16(14)17/h1,3,5-6,8-11H,2,4,7H2. The van der Waals surface area contributed by atoms with Crippen LogP contribution in [0.3, 0.4) is 0 Å². The largest absolute Gasteiger partial charge is 0.0763 e. The SMILES string of the molecule is C1=Cc2c(c3c(c4ccccc24)CCCC=3)=C1. The Kier molecular flexibility index (Phi) is 1.81. The van der Waals surface area contributed by atoms with Gasteiger partial charge in [0.2, 0.25) is 0 Å². The molecule has 0 bridgehead atoms. The molecule has 0 unspecified atom stereocenters. The quantitative estimate of drug-likeness (QED) is 0.638. The van der Waals surface area contributed by atoms with Crippen molar-refractivity contribution >= 4 is 29.0 Å². The fourth-order valence-corrected chi connectivity index (χ4v) is 3.21. The molecule has 0 fully saturated rings. The number of fused-ring (bicyclic) bond motifs is 6. The Hall–Kier alpha value is -1.82. The number of aryl methyl sites for hydroxylation is 1. The summed E-state index contributed by atoms with van der Waals surface area (Å²) in [5, 5.41) is 5.81. The predicted molar refractivity (Wildman–Crippen MR) is 74.1 cm³/mol. The fourth-order valence-electron chi connectivity index (χ4n) is 3.21. The van der Waals surface area contributed by atoms with Crippen LogP contribution < -0.4 is 10.4 Å². The second kappa shape index (κ2) is 3.33. The maximum Gasteiger partial charge on any atom is -0.00993 e. The van der Waals surface area contributed by atoms with Gasteiger partial charge >= 0.3 is 0 Å². The first-order valence-corrected chi connectivity index (χ1v) is 6.37. The van der Waals surface area contributed by atoms with Crippen molar-refractivity contribution in [1.29, 1.82) is 0 Å². The summed E-state index contributed by atoms with van der Waals surface area (Å²) in [6.07, 6.45) is 12.9. The Balaban J connectivity index is 2.35. The van der Waals surface area contributed by atoms with Gasteiger partial charge in [0, 0.05) is 0 Å². The molecule has 0 atom stereocenters. The van der Waals surface area contributed by atoms with Crippen molar-refractivity contribution in [3.8, 4) is 0 Å². The van der Waals surface area contributed by atoms with Crippen LogP contribution >= 0.6 is 0 Å². The van der Waals surface area contributed by atoms with Gasteiger partial charge in [0.25, 0.3) is 0 Å². The molecule has 0 amide bonds. The molecule has 0 nitrogen and oxygen atoms in total. The van der Waals surface area contributed by atoms with Crippen LogP contribution in [0.5, 0.6) is 0 Å². The molecule has 0 heteroatoms. The molecule has 0 aliphatic heterocycles. The van der Waals surface area contributed by atoms with E-state index in [4.69, 9.17) is 0 Å². The average molecular weight is 218 g/mol. The van der Waals surface area contributed by atoms with Crippen molar-refractivity contribution in [3.63, 3.8) is 0 Å². The van der Waals surface area contributed by atoms with Crippen LogP contribution in [-0.4, -0.2) is 0 Å². The summed E-state index contributed by atoms with van der Waals surface area (Å²) in [4.78, 5) is 0. The Labute approximate surface area is 101 Å². The lowest BCUT2D eigenvalue weighted by molar-refractivity contribution is 0.841. The summed E-state index contributed by atoms with van der Waals surface area (Å²) in [6.45, 7) is 0. The first-order valence-electron chi connectivity index (χ1n) is 6.37. The third-order valence-corrected chi connectivity index (χ3v) is 3.95. The van der Waals surface area contributed by atoms with Gasteiger partial charge in [0.05, 0.1) is 0 Å². The summed E-state index contributed by atoms with van der Waals surface area (Å²) < 4.78 is 0. The van der Waals surface area contributed by atoms with E-state index in [9.17, 15) is 0 Å². The summed E-state index contributed by atoms with van der Waals surface area (Å²) >= 11 is 0. The maximum absolute atomic E-state index is 2.42. The Morgan fingerprint density at radius 2 is 1.82 bits per heavy atom. The molecule has 2 aromatic carbocycles. The number of hydrogen-bond acceptors (Lipinski definition) is 0. The highest BCUT2D eigenvalue weighted by molar-refractivity contribution is 5.96. The highest BCUT2D eigenvalue weighted by Crippen LogP contribution is 2.23. The van der Waals surface area contributed by atoms with E-state index in [1.807, 2.05) is 0 Å². The zero-order chi connectivity index (χ0) is 11.2. The first-order chi connectivity index (χ1) is 8.45. The molecule has 0 spiro atoms. The van der Waals surface area contributed by atoms with Crippen LogP contribution in [0.2, 0.25) is 0 Å². The molecule has 2 aromatic rings. The third-order valence-electron chi connectivity index (χ3n) is 3.95. The smallest absolute Gasteiger partial charge is 0.00993 e. The minimum Gasteiger partial charge on any atom is -0.0763 e. The molecular weight excluding hydrogens is 204 g/mol. The van der Waals surface area contributed by atoms with E-state index in [1.165, 1.54) is 46.0 Å². The summed E-state index contributed by atoms with van der Waals surface area (Å²) in [7, 11) is 0. The van der Waals surface area contributed by atoms with Gasteiger partial charge in [-0.05, 0) is 51.6 Å². The van der Waals surface area contributed by atoms with Crippen LogP contribution in [0.4, 0.5) is 0 Å². The van der Waals surface area contributed by atoms with E-state index in [1.54, 1.807) is 5.56 Å². The number of rotatable bonds is 0. The molecule has 0 saturated heterocycles. The molecule has 0 N–H and O–H groups in total. The molecule has 17 heavy (non-hydrogen) atoms. The van der Waals surface area contributed by atoms with Crippen LogP contribution in [-0.2, 0) is 6.42 Å². The minimum atomic E-state index is 1.23. The monoisotopic (exact) mass is 218 g/mol. The third kappa shape index (κ3) is 1.18. The summed E-state index contributed by atoms with van der Waals surface area (Å²) in [5.74, 6) is 0. The summed E-state index contributed by atoms with van der Waals surface area (Å²) in [5.41, 5.74) is 2.98. The van der Waals surface area contributed by atoms with Crippen molar-refractivity contribution in [2.75, 3.05) is 0 Å². The van der Waals surface area contributed by atoms with E-state index in [0.29, 0.717) is 0 Å². The fraction of sp³-hybridized carbons (Fsp3) is 0.176. The Morgan fingerprint density at radius 3 is 2.76 bits per heavy atom.